The fraction of sp³-hybridized carbons (Fsp3) is 0.174. The van der Waals surface area contributed by atoms with Gasteiger partial charge in [-0.2, -0.15) is 0 Å². The first-order valence-corrected chi connectivity index (χ1v) is 8.87. The fourth-order valence-electron chi connectivity index (χ4n) is 2.75. The molecule has 0 saturated heterocycles. The monoisotopic (exact) mass is 361 g/mol. The van der Waals surface area contributed by atoms with Crippen LogP contribution in [0.25, 0.3) is 11.1 Å². The molecular formula is C23H23NO3. The standard InChI is InChI=1S/C23H23NO3/c1-4-5-14-26-22-15-23(25)24(3)16-19(22)18-11-7-9-13-21(18)27-20-12-8-6-10-17(20)2/h4,6-13,15-16H,1,5,14H2,2-3H3. The van der Waals surface area contributed by atoms with Crippen LogP contribution in [0.15, 0.2) is 78.2 Å². The third-order valence-corrected chi connectivity index (χ3v) is 4.26. The van der Waals surface area contributed by atoms with E-state index in [1.54, 1.807) is 23.9 Å². The summed E-state index contributed by atoms with van der Waals surface area (Å²) in [5.41, 5.74) is 2.61. The minimum Gasteiger partial charge on any atom is -0.492 e. The van der Waals surface area contributed by atoms with Crippen LogP contribution in [0, 0.1) is 6.92 Å². The molecule has 2 aromatic carbocycles. The number of hydrogen-bond donors (Lipinski definition) is 0. The van der Waals surface area contributed by atoms with Gasteiger partial charge in [-0.1, -0.05) is 42.5 Å². The van der Waals surface area contributed by atoms with Crippen LogP contribution in [0.2, 0.25) is 0 Å². The van der Waals surface area contributed by atoms with Gasteiger partial charge in [0.25, 0.3) is 5.56 Å². The average molecular weight is 361 g/mol. The molecule has 3 rings (SSSR count). The summed E-state index contributed by atoms with van der Waals surface area (Å²) in [6, 6.07) is 17.1. The lowest BCUT2D eigenvalue weighted by atomic mass is 10.1. The summed E-state index contributed by atoms with van der Waals surface area (Å²) < 4.78 is 13.6. The van der Waals surface area contributed by atoms with E-state index in [9.17, 15) is 4.79 Å². The molecule has 0 unspecified atom stereocenters. The van der Waals surface area contributed by atoms with Gasteiger partial charge in [-0.25, -0.2) is 0 Å². The number of rotatable bonds is 7. The van der Waals surface area contributed by atoms with Crippen molar-refractivity contribution in [2.24, 2.45) is 7.05 Å². The van der Waals surface area contributed by atoms with Gasteiger partial charge in [0.2, 0.25) is 0 Å². The Hall–Kier alpha value is -3.27. The van der Waals surface area contributed by atoms with Crippen LogP contribution >= 0.6 is 0 Å². The summed E-state index contributed by atoms with van der Waals surface area (Å²) in [4.78, 5) is 12.1. The number of pyridine rings is 1. The molecule has 1 heterocycles. The summed E-state index contributed by atoms with van der Waals surface area (Å²) in [6.07, 6.45) is 4.28. The smallest absolute Gasteiger partial charge is 0.254 e. The van der Waals surface area contributed by atoms with E-state index < -0.39 is 0 Å². The summed E-state index contributed by atoms with van der Waals surface area (Å²) in [5, 5.41) is 0. The third-order valence-electron chi connectivity index (χ3n) is 4.26. The predicted molar refractivity (Wildman–Crippen MR) is 109 cm³/mol. The normalized spacial score (nSPS) is 10.4. The van der Waals surface area contributed by atoms with Crippen LogP contribution in [-0.2, 0) is 7.05 Å². The highest BCUT2D eigenvalue weighted by Gasteiger charge is 2.15. The SMILES string of the molecule is C=CCCOc1cc(=O)n(C)cc1-c1ccccc1Oc1ccccc1C. The second-order valence-corrected chi connectivity index (χ2v) is 6.29. The number of hydrogen-bond acceptors (Lipinski definition) is 3. The van der Waals surface area contributed by atoms with E-state index in [4.69, 9.17) is 9.47 Å². The lowest BCUT2D eigenvalue weighted by molar-refractivity contribution is 0.325. The number of nitrogens with zero attached hydrogens (tertiary/aromatic N) is 1. The molecule has 4 heteroatoms. The quantitative estimate of drug-likeness (QED) is 0.434. The minimum atomic E-state index is -0.121. The maximum atomic E-state index is 12.1. The molecular weight excluding hydrogens is 338 g/mol. The molecule has 0 fully saturated rings. The van der Waals surface area contributed by atoms with Crippen molar-refractivity contribution in [3.05, 3.63) is 89.4 Å². The Morgan fingerprint density at radius 2 is 1.70 bits per heavy atom. The van der Waals surface area contributed by atoms with Gasteiger partial charge in [0.1, 0.15) is 17.2 Å². The van der Waals surface area contributed by atoms with Crippen molar-refractivity contribution in [3.63, 3.8) is 0 Å². The number of benzene rings is 2. The summed E-state index contributed by atoms with van der Waals surface area (Å²) >= 11 is 0. The van der Waals surface area contributed by atoms with Crippen LogP contribution in [0.4, 0.5) is 0 Å². The van der Waals surface area contributed by atoms with Crippen molar-refractivity contribution >= 4 is 0 Å². The Morgan fingerprint density at radius 1 is 1.00 bits per heavy atom. The largest absolute Gasteiger partial charge is 0.492 e. The van der Waals surface area contributed by atoms with Gasteiger partial charge in [0.05, 0.1) is 6.61 Å². The van der Waals surface area contributed by atoms with E-state index in [1.807, 2.05) is 55.5 Å². The van der Waals surface area contributed by atoms with Crippen LogP contribution < -0.4 is 15.0 Å². The van der Waals surface area contributed by atoms with E-state index in [1.165, 1.54) is 6.07 Å². The minimum absolute atomic E-state index is 0.121. The molecule has 0 aliphatic rings. The van der Waals surface area contributed by atoms with Crippen LogP contribution in [0.3, 0.4) is 0 Å². The van der Waals surface area contributed by atoms with E-state index in [0.29, 0.717) is 24.5 Å². The molecule has 138 valence electrons. The van der Waals surface area contributed by atoms with E-state index in [2.05, 4.69) is 6.58 Å². The first-order valence-electron chi connectivity index (χ1n) is 8.87. The van der Waals surface area contributed by atoms with Crippen molar-refractivity contribution in [2.75, 3.05) is 6.61 Å². The van der Waals surface area contributed by atoms with Gasteiger partial charge in [-0.3, -0.25) is 4.79 Å². The van der Waals surface area contributed by atoms with E-state index >= 15 is 0 Å². The van der Waals surface area contributed by atoms with E-state index in [-0.39, 0.29) is 5.56 Å². The Labute approximate surface area is 159 Å². The van der Waals surface area contributed by atoms with Gasteiger partial charge in [-0.05, 0) is 31.0 Å². The molecule has 0 N–H and O–H groups in total. The first-order chi connectivity index (χ1) is 13.1. The molecule has 0 aliphatic carbocycles. The Bertz CT molecular complexity index is 1000. The molecule has 4 nitrogen and oxygen atoms in total. The highest BCUT2D eigenvalue weighted by atomic mass is 16.5. The zero-order valence-electron chi connectivity index (χ0n) is 15.6. The highest BCUT2D eigenvalue weighted by molar-refractivity contribution is 5.75. The van der Waals surface area contributed by atoms with Crippen LogP contribution in [-0.4, -0.2) is 11.2 Å². The maximum absolute atomic E-state index is 12.1. The topological polar surface area (TPSA) is 40.5 Å². The Kier molecular flexibility index (Phi) is 5.77. The molecule has 0 aliphatic heterocycles. The zero-order chi connectivity index (χ0) is 19.2. The summed E-state index contributed by atoms with van der Waals surface area (Å²) in [5.74, 6) is 2.05. The number of para-hydroxylation sites is 2. The number of ether oxygens (including phenoxy) is 2. The molecule has 1 aromatic heterocycles. The van der Waals surface area contributed by atoms with Crippen molar-refractivity contribution in [2.45, 2.75) is 13.3 Å². The van der Waals surface area contributed by atoms with Gasteiger partial charge in [0, 0.05) is 30.4 Å². The molecule has 0 radical (unpaired) electrons. The highest BCUT2D eigenvalue weighted by Crippen LogP contribution is 2.38. The molecule has 0 atom stereocenters. The van der Waals surface area contributed by atoms with Crippen molar-refractivity contribution in [1.29, 1.82) is 0 Å². The summed E-state index contributed by atoms with van der Waals surface area (Å²) in [7, 11) is 1.73. The molecule has 0 spiro atoms. The van der Waals surface area contributed by atoms with Crippen LogP contribution in [0.1, 0.15) is 12.0 Å². The first kappa shape index (κ1) is 18.5. The zero-order valence-corrected chi connectivity index (χ0v) is 15.6. The van der Waals surface area contributed by atoms with Crippen LogP contribution in [0.5, 0.6) is 17.2 Å². The lowest BCUT2D eigenvalue weighted by Crippen LogP contribution is -2.16. The Balaban J connectivity index is 2.06. The molecule has 3 aromatic rings. The second-order valence-electron chi connectivity index (χ2n) is 6.29. The molecule has 27 heavy (non-hydrogen) atoms. The fourth-order valence-corrected chi connectivity index (χ4v) is 2.75. The van der Waals surface area contributed by atoms with Crippen molar-refractivity contribution < 1.29 is 9.47 Å². The summed E-state index contributed by atoms with van der Waals surface area (Å²) in [6.45, 7) is 6.18. The van der Waals surface area contributed by atoms with Gasteiger partial charge in [0.15, 0.2) is 0 Å². The maximum Gasteiger partial charge on any atom is 0.254 e. The molecule has 0 saturated carbocycles. The lowest BCUT2D eigenvalue weighted by Gasteiger charge is -2.16. The molecule has 0 bridgehead atoms. The third kappa shape index (κ3) is 4.29. The second kappa shape index (κ2) is 8.41. The van der Waals surface area contributed by atoms with Crippen molar-refractivity contribution in [3.8, 4) is 28.4 Å². The Morgan fingerprint density at radius 3 is 2.44 bits per heavy atom. The number of aryl methyl sites for hydroxylation is 2. The molecule has 0 amide bonds. The van der Waals surface area contributed by atoms with E-state index in [0.717, 1.165) is 22.4 Å². The van der Waals surface area contributed by atoms with Gasteiger partial charge in [-0.15, -0.1) is 6.58 Å². The van der Waals surface area contributed by atoms with Crippen molar-refractivity contribution in [1.82, 2.24) is 4.57 Å². The van der Waals surface area contributed by atoms with Gasteiger partial charge < -0.3 is 14.0 Å². The number of aromatic nitrogens is 1. The van der Waals surface area contributed by atoms with Gasteiger partial charge >= 0.3 is 0 Å². The predicted octanol–water partition coefficient (Wildman–Crippen LogP) is 5.11. The average Bonchev–Trinajstić information content (AvgIpc) is 2.67.